The van der Waals surface area contributed by atoms with Crippen molar-refractivity contribution < 1.29 is 9.18 Å². The normalized spacial score (nSPS) is 18.8. The van der Waals surface area contributed by atoms with Gasteiger partial charge in [-0.25, -0.2) is 14.1 Å². The van der Waals surface area contributed by atoms with E-state index in [2.05, 4.69) is 15.4 Å². The van der Waals surface area contributed by atoms with Crippen LogP contribution in [0.25, 0.3) is 5.69 Å². The minimum absolute atomic E-state index is 0.133. The molecular weight excluding hydrogens is 273 g/mol. The van der Waals surface area contributed by atoms with Crippen molar-refractivity contribution in [3.05, 3.63) is 42.2 Å². The Balaban J connectivity index is 1.80. The largest absolute Gasteiger partial charge is 0.333 e. The maximum Gasteiger partial charge on any atom is 0.293 e. The molecule has 0 bridgehead atoms. The molecule has 6 nitrogen and oxygen atoms in total. The molecule has 2 aromatic rings. The first-order chi connectivity index (χ1) is 10.1. The maximum atomic E-state index is 13.2. The highest BCUT2D eigenvalue weighted by atomic mass is 19.1. The molecule has 1 saturated heterocycles. The van der Waals surface area contributed by atoms with Gasteiger partial charge in [0, 0.05) is 25.7 Å². The summed E-state index contributed by atoms with van der Waals surface area (Å²) in [5.74, 6) is -0.418. The first-order valence-corrected chi connectivity index (χ1v) is 6.84. The first kappa shape index (κ1) is 13.7. The smallest absolute Gasteiger partial charge is 0.293 e. The minimum atomic E-state index is -0.355. The number of rotatable bonds is 2. The molecule has 1 aromatic heterocycles. The SMILES string of the molecule is C[C@H]1CN(C(=O)c2ncn(-c3cccc(F)c3)n2)CCN1. The van der Waals surface area contributed by atoms with E-state index in [0.29, 0.717) is 18.8 Å². The van der Waals surface area contributed by atoms with Gasteiger partial charge in [0.2, 0.25) is 5.82 Å². The summed E-state index contributed by atoms with van der Waals surface area (Å²) in [5, 5.41) is 7.42. The monoisotopic (exact) mass is 289 g/mol. The van der Waals surface area contributed by atoms with E-state index in [4.69, 9.17) is 0 Å². The summed E-state index contributed by atoms with van der Waals surface area (Å²) >= 11 is 0. The number of aromatic nitrogens is 3. The van der Waals surface area contributed by atoms with Gasteiger partial charge in [-0.1, -0.05) is 6.07 Å². The Labute approximate surface area is 121 Å². The number of amides is 1. The van der Waals surface area contributed by atoms with Crippen molar-refractivity contribution in [3.8, 4) is 5.69 Å². The Morgan fingerprint density at radius 1 is 1.48 bits per heavy atom. The lowest BCUT2D eigenvalue weighted by Gasteiger charge is -2.30. The highest BCUT2D eigenvalue weighted by Gasteiger charge is 2.24. The van der Waals surface area contributed by atoms with Crippen LogP contribution >= 0.6 is 0 Å². The average molecular weight is 289 g/mol. The van der Waals surface area contributed by atoms with Crippen LogP contribution < -0.4 is 5.32 Å². The fourth-order valence-corrected chi connectivity index (χ4v) is 2.36. The maximum absolute atomic E-state index is 13.2. The summed E-state index contributed by atoms with van der Waals surface area (Å²) in [6.07, 6.45) is 1.42. The standard InChI is InChI=1S/C14H16FN5O/c1-10-8-19(6-5-16-10)14(21)13-17-9-20(18-13)12-4-2-3-11(15)7-12/h2-4,7,9-10,16H,5-6,8H2,1H3/t10-/m0/s1. The number of nitrogens with zero attached hydrogens (tertiary/aromatic N) is 4. The van der Waals surface area contributed by atoms with Crippen molar-refractivity contribution in [3.63, 3.8) is 0 Å². The molecule has 1 amide bonds. The molecule has 1 aromatic carbocycles. The number of benzene rings is 1. The third kappa shape index (κ3) is 2.92. The zero-order valence-electron chi connectivity index (χ0n) is 11.7. The zero-order chi connectivity index (χ0) is 14.8. The van der Waals surface area contributed by atoms with Crippen LogP contribution in [0, 0.1) is 5.82 Å². The van der Waals surface area contributed by atoms with E-state index in [9.17, 15) is 9.18 Å². The van der Waals surface area contributed by atoms with Gasteiger partial charge in [-0.3, -0.25) is 4.79 Å². The van der Waals surface area contributed by atoms with E-state index in [1.54, 1.807) is 17.0 Å². The number of hydrogen-bond donors (Lipinski definition) is 1. The van der Waals surface area contributed by atoms with Crippen LogP contribution in [-0.2, 0) is 0 Å². The molecule has 1 fully saturated rings. The molecule has 2 heterocycles. The van der Waals surface area contributed by atoms with Gasteiger partial charge < -0.3 is 10.2 Å². The van der Waals surface area contributed by atoms with E-state index < -0.39 is 0 Å². The highest BCUT2D eigenvalue weighted by Crippen LogP contribution is 2.10. The Morgan fingerprint density at radius 2 is 2.33 bits per heavy atom. The van der Waals surface area contributed by atoms with E-state index in [1.807, 2.05) is 6.92 Å². The molecule has 21 heavy (non-hydrogen) atoms. The van der Waals surface area contributed by atoms with Crippen LogP contribution in [0.15, 0.2) is 30.6 Å². The summed E-state index contributed by atoms with van der Waals surface area (Å²) in [6, 6.07) is 6.25. The first-order valence-electron chi connectivity index (χ1n) is 6.84. The zero-order valence-corrected chi connectivity index (χ0v) is 11.7. The van der Waals surface area contributed by atoms with Crippen LogP contribution in [0.5, 0.6) is 0 Å². The van der Waals surface area contributed by atoms with E-state index in [1.165, 1.54) is 23.1 Å². The van der Waals surface area contributed by atoms with Gasteiger partial charge in [-0.15, -0.1) is 5.10 Å². The summed E-state index contributed by atoms with van der Waals surface area (Å²) in [4.78, 5) is 18.1. The van der Waals surface area contributed by atoms with Crippen LogP contribution in [0.4, 0.5) is 4.39 Å². The number of piperazine rings is 1. The second-order valence-electron chi connectivity index (χ2n) is 5.10. The molecule has 110 valence electrons. The van der Waals surface area contributed by atoms with Gasteiger partial charge in [0.05, 0.1) is 5.69 Å². The molecule has 0 aliphatic carbocycles. The van der Waals surface area contributed by atoms with Crippen LogP contribution in [0.3, 0.4) is 0 Å². The van der Waals surface area contributed by atoms with Crippen molar-refractivity contribution in [1.82, 2.24) is 25.0 Å². The fraction of sp³-hybridized carbons (Fsp3) is 0.357. The average Bonchev–Trinajstić information content (AvgIpc) is 2.96. The number of carbonyl (C=O) groups is 1. The Kier molecular flexibility index (Phi) is 3.66. The van der Waals surface area contributed by atoms with Gasteiger partial charge in [0.25, 0.3) is 5.91 Å². The van der Waals surface area contributed by atoms with Gasteiger partial charge in [-0.05, 0) is 25.1 Å². The fourth-order valence-electron chi connectivity index (χ4n) is 2.36. The Hall–Kier alpha value is -2.28. The number of carbonyl (C=O) groups excluding carboxylic acids is 1. The minimum Gasteiger partial charge on any atom is -0.333 e. The highest BCUT2D eigenvalue weighted by molar-refractivity contribution is 5.90. The number of halogens is 1. The second-order valence-corrected chi connectivity index (χ2v) is 5.10. The Bertz CT molecular complexity index is 656. The molecule has 7 heteroatoms. The lowest BCUT2D eigenvalue weighted by molar-refractivity contribution is 0.0697. The summed E-state index contributed by atoms with van der Waals surface area (Å²) in [6.45, 7) is 4.06. The summed E-state index contributed by atoms with van der Waals surface area (Å²) in [7, 11) is 0. The molecule has 1 aliphatic rings. The topological polar surface area (TPSA) is 63.1 Å². The third-order valence-corrected chi connectivity index (χ3v) is 3.41. The molecule has 0 saturated carbocycles. The lowest BCUT2D eigenvalue weighted by atomic mass is 10.2. The van der Waals surface area contributed by atoms with Crippen molar-refractivity contribution in [2.45, 2.75) is 13.0 Å². The van der Waals surface area contributed by atoms with Crippen LogP contribution in [0.1, 0.15) is 17.5 Å². The molecule has 1 atom stereocenters. The van der Waals surface area contributed by atoms with E-state index in [-0.39, 0.29) is 23.6 Å². The predicted molar refractivity (Wildman–Crippen MR) is 74.7 cm³/mol. The molecule has 0 spiro atoms. The quantitative estimate of drug-likeness (QED) is 0.890. The summed E-state index contributed by atoms with van der Waals surface area (Å²) in [5.41, 5.74) is 0.537. The van der Waals surface area contributed by atoms with E-state index >= 15 is 0 Å². The Morgan fingerprint density at radius 3 is 3.10 bits per heavy atom. The van der Waals surface area contributed by atoms with E-state index in [0.717, 1.165) is 6.54 Å². The molecule has 1 aliphatic heterocycles. The molecule has 3 rings (SSSR count). The molecule has 1 N–H and O–H groups in total. The third-order valence-electron chi connectivity index (χ3n) is 3.41. The van der Waals surface area contributed by atoms with Crippen molar-refractivity contribution in [2.75, 3.05) is 19.6 Å². The second kappa shape index (κ2) is 5.61. The number of hydrogen-bond acceptors (Lipinski definition) is 4. The van der Waals surface area contributed by atoms with Crippen LogP contribution in [0.2, 0.25) is 0 Å². The van der Waals surface area contributed by atoms with Gasteiger partial charge >= 0.3 is 0 Å². The van der Waals surface area contributed by atoms with Crippen molar-refractivity contribution in [2.24, 2.45) is 0 Å². The predicted octanol–water partition coefficient (Wildman–Crippen LogP) is 0.840. The molecular formula is C14H16FN5O. The molecule has 0 unspecified atom stereocenters. The summed E-state index contributed by atoms with van der Waals surface area (Å²) < 4.78 is 14.6. The van der Waals surface area contributed by atoms with Crippen LogP contribution in [-0.4, -0.2) is 51.2 Å². The molecule has 0 radical (unpaired) electrons. The van der Waals surface area contributed by atoms with Crippen molar-refractivity contribution in [1.29, 1.82) is 0 Å². The van der Waals surface area contributed by atoms with Crippen molar-refractivity contribution >= 4 is 5.91 Å². The van der Waals surface area contributed by atoms with Gasteiger partial charge in [0.1, 0.15) is 12.1 Å². The number of nitrogens with one attached hydrogen (secondary N) is 1. The van der Waals surface area contributed by atoms with Gasteiger partial charge in [0.15, 0.2) is 0 Å². The lowest BCUT2D eigenvalue weighted by Crippen LogP contribution is -2.51. The van der Waals surface area contributed by atoms with Gasteiger partial charge in [-0.2, -0.15) is 0 Å².